The van der Waals surface area contributed by atoms with E-state index >= 15 is 0 Å². The van der Waals surface area contributed by atoms with Crippen molar-refractivity contribution in [2.75, 3.05) is 19.0 Å². The van der Waals surface area contributed by atoms with Crippen LogP contribution in [-0.2, 0) is 0 Å². The number of nitrogens with zero attached hydrogens (tertiary/aromatic N) is 2. The maximum atomic E-state index is 11.8. The van der Waals surface area contributed by atoms with E-state index in [2.05, 4.69) is 0 Å². The summed E-state index contributed by atoms with van der Waals surface area (Å²) in [5, 5.41) is 10.5. The van der Waals surface area contributed by atoms with Gasteiger partial charge in [0, 0.05) is 19.8 Å². The summed E-state index contributed by atoms with van der Waals surface area (Å²) in [7, 11) is 3.89. The van der Waals surface area contributed by atoms with Crippen LogP contribution in [0.1, 0.15) is 16.1 Å². The molecular weight excluding hydrogens is 272 g/mol. The quantitative estimate of drug-likeness (QED) is 0.365. The van der Waals surface area contributed by atoms with Gasteiger partial charge in [0.05, 0.1) is 6.07 Å². The Morgan fingerprint density at radius 2 is 1.86 bits per heavy atom. The SMILES string of the molecule is CN(C)c1ccc(/C=C/C(=O)c2ccc([N+](=O)[O-])o2)cc1. The van der Waals surface area contributed by atoms with Gasteiger partial charge in [-0.1, -0.05) is 18.2 Å². The molecule has 0 aliphatic carbocycles. The Kier molecular flexibility index (Phi) is 4.18. The molecule has 0 fully saturated rings. The fourth-order valence-corrected chi connectivity index (χ4v) is 1.70. The Balaban J connectivity index is 2.09. The van der Waals surface area contributed by atoms with E-state index < -0.39 is 16.6 Å². The number of hydrogen-bond acceptors (Lipinski definition) is 5. The van der Waals surface area contributed by atoms with E-state index in [1.54, 1.807) is 6.08 Å². The first kappa shape index (κ1) is 14.5. The topological polar surface area (TPSA) is 76.6 Å². The maximum Gasteiger partial charge on any atom is 0.433 e. The third-order valence-electron chi connectivity index (χ3n) is 2.85. The summed E-state index contributed by atoms with van der Waals surface area (Å²) in [6.45, 7) is 0. The molecule has 21 heavy (non-hydrogen) atoms. The predicted octanol–water partition coefficient (Wildman–Crippen LogP) is 3.15. The van der Waals surface area contributed by atoms with Crippen molar-refractivity contribution in [1.29, 1.82) is 0 Å². The molecule has 108 valence electrons. The Morgan fingerprint density at radius 3 is 2.38 bits per heavy atom. The van der Waals surface area contributed by atoms with Gasteiger partial charge in [-0.25, -0.2) is 0 Å². The maximum absolute atomic E-state index is 11.8. The van der Waals surface area contributed by atoms with Crippen LogP contribution in [0.4, 0.5) is 11.6 Å². The van der Waals surface area contributed by atoms with Crippen LogP contribution in [-0.4, -0.2) is 24.8 Å². The Morgan fingerprint density at radius 1 is 1.19 bits per heavy atom. The standard InChI is InChI=1S/C15H14N2O4/c1-16(2)12-6-3-11(4-7-12)5-8-13(18)14-9-10-15(21-14)17(19)20/h3-10H,1-2H3/b8-5+. The predicted molar refractivity (Wildman–Crippen MR) is 79.5 cm³/mol. The van der Waals surface area contributed by atoms with Gasteiger partial charge in [-0.05, 0) is 29.8 Å². The first-order valence-electron chi connectivity index (χ1n) is 6.21. The van der Waals surface area contributed by atoms with E-state index in [9.17, 15) is 14.9 Å². The van der Waals surface area contributed by atoms with E-state index in [1.807, 2.05) is 43.3 Å². The summed E-state index contributed by atoms with van der Waals surface area (Å²) in [6, 6.07) is 10.1. The van der Waals surface area contributed by atoms with Crippen LogP contribution in [0.2, 0.25) is 0 Å². The highest BCUT2D eigenvalue weighted by Gasteiger charge is 2.15. The summed E-state index contributed by atoms with van der Waals surface area (Å²) in [6.07, 6.45) is 2.96. The molecule has 2 rings (SSSR count). The van der Waals surface area contributed by atoms with Gasteiger partial charge in [0.1, 0.15) is 4.92 Å². The van der Waals surface area contributed by atoms with E-state index in [1.165, 1.54) is 12.1 Å². The second kappa shape index (κ2) is 6.04. The molecule has 1 aromatic heterocycles. The first-order chi connectivity index (χ1) is 9.97. The zero-order valence-electron chi connectivity index (χ0n) is 11.6. The summed E-state index contributed by atoms with van der Waals surface area (Å²) in [4.78, 5) is 23.6. The van der Waals surface area contributed by atoms with Crippen LogP contribution >= 0.6 is 0 Å². The van der Waals surface area contributed by atoms with Crippen LogP contribution in [0, 0.1) is 10.1 Å². The van der Waals surface area contributed by atoms with Gasteiger partial charge < -0.3 is 9.32 Å². The molecular formula is C15H14N2O4. The fourth-order valence-electron chi connectivity index (χ4n) is 1.70. The molecule has 0 N–H and O–H groups in total. The van der Waals surface area contributed by atoms with Crippen LogP contribution < -0.4 is 4.90 Å². The molecule has 0 amide bonds. The number of anilines is 1. The number of nitro groups is 1. The number of ketones is 1. The molecule has 0 saturated carbocycles. The van der Waals surface area contributed by atoms with Crippen molar-refractivity contribution in [3.05, 3.63) is 63.9 Å². The van der Waals surface area contributed by atoms with Crippen molar-refractivity contribution in [1.82, 2.24) is 0 Å². The van der Waals surface area contributed by atoms with Crippen LogP contribution in [0.5, 0.6) is 0 Å². The largest absolute Gasteiger partial charge is 0.433 e. The minimum atomic E-state index is -0.680. The number of furan rings is 1. The van der Waals surface area contributed by atoms with Gasteiger partial charge in [0.15, 0.2) is 5.76 Å². The lowest BCUT2D eigenvalue weighted by atomic mass is 10.1. The van der Waals surface area contributed by atoms with E-state index in [0.717, 1.165) is 17.3 Å². The highest BCUT2D eigenvalue weighted by molar-refractivity contribution is 6.05. The lowest BCUT2D eigenvalue weighted by molar-refractivity contribution is -0.402. The molecule has 0 unspecified atom stereocenters. The van der Waals surface area contributed by atoms with Crippen molar-refractivity contribution in [3.63, 3.8) is 0 Å². The van der Waals surface area contributed by atoms with E-state index in [4.69, 9.17) is 4.42 Å². The van der Waals surface area contributed by atoms with Crippen LogP contribution in [0.3, 0.4) is 0 Å². The van der Waals surface area contributed by atoms with Gasteiger partial charge in [0.2, 0.25) is 5.78 Å². The van der Waals surface area contributed by atoms with E-state index in [-0.39, 0.29) is 5.76 Å². The summed E-state index contributed by atoms with van der Waals surface area (Å²) in [5.41, 5.74) is 1.91. The van der Waals surface area contributed by atoms with Crippen molar-refractivity contribution in [2.24, 2.45) is 0 Å². The molecule has 0 spiro atoms. The Bertz CT molecular complexity index is 684. The molecule has 0 aliphatic rings. The van der Waals surface area contributed by atoms with E-state index in [0.29, 0.717) is 0 Å². The average Bonchev–Trinajstić information content (AvgIpc) is 2.95. The van der Waals surface area contributed by atoms with Gasteiger partial charge in [-0.2, -0.15) is 0 Å². The average molecular weight is 286 g/mol. The third-order valence-corrected chi connectivity index (χ3v) is 2.85. The molecule has 0 atom stereocenters. The lowest BCUT2D eigenvalue weighted by Crippen LogP contribution is -2.07. The molecule has 0 saturated heterocycles. The first-order valence-corrected chi connectivity index (χ1v) is 6.21. The number of allylic oxidation sites excluding steroid dienone is 1. The van der Waals surface area contributed by atoms with Gasteiger partial charge >= 0.3 is 5.88 Å². The highest BCUT2D eigenvalue weighted by atomic mass is 16.6. The molecule has 0 radical (unpaired) electrons. The normalized spacial score (nSPS) is 10.8. The Hall–Kier alpha value is -2.89. The van der Waals surface area contributed by atoms with Crippen molar-refractivity contribution in [3.8, 4) is 0 Å². The zero-order chi connectivity index (χ0) is 15.4. The number of benzene rings is 1. The molecule has 6 nitrogen and oxygen atoms in total. The monoisotopic (exact) mass is 286 g/mol. The summed E-state index contributed by atoms with van der Waals surface area (Å²) < 4.78 is 4.84. The van der Waals surface area contributed by atoms with Crippen molar-refractivity contribution in [2.45, 2.75) is 0 Å². The second-order valence-electron chi connectivity index (χ2n) is 4.58. The number of carbonyl (C=O) groups is 1. The van der Waals surface area contributed by atoms with Crippen molar-refractivity contribution < 1.29 is 14.1 Å². The van der Waals surface area contributed by atoms with Crippen molar-refractivity contribution >= 4 is 23.4 Å². The minimum absolute atomic E-state index is 0.0529. The number of hydrogen-bond donors (Lipinski definition) is 0. The zero-order valence-corrected chi connectivity index (χ0v) is 11.6. The number of rotatable bonds is 5. The van der Waals surface area contributed by atoms with Crippen LogP contribution in [0.25, 0.3) is 6.08 Å². The van der Waals surface area contributed by atoms with Crippen LogP contribution in [0.15, 0.2) is 46.9 Å². The molecule has 1 heterocycles. The fraction of sp³-hybridized carbons (Fsp3) is 0.133. The Labute approximate surface area is 121 Å². The summed E-state index contributed by atoms with van der Waals surface area (Å²) in [5.74, 6) is -0.912. The lowest BCUT2D eigenvalue weighted by Gasteiger charge is -2.11. The second-order valence-corrected chi connectivity index (χ2v) is 4.58. The number of carbonyl (C=O) groups excluding carboxylic acids is 1. The third kappa shape index (κ3) is 3.56. The minimum Gasteiger partial charge on any atom is -0.397 e. The summed E-state index contributed by atoms with van der Waals surface area (Å²) >= 11 is 0. The molecule has 0 bridgehead atoms. The smallest absolute Gasteiger partial charge is 0.397 e. The van der Waals surface area contributed by atoms with Gasteiger partial charge in [-0.3, -0.25) is 14.9 Å². The molecule has 0 aliphatic heterocycles. The van der Waals surface area contributed by atoms with Gasteiger partial charge in [-0.15, -0.1) is 0 Å². The molecule has 6 heteroatoms. The molecule has 2 aromatic rings. The highest BCUT2D eigenvalue weighted by Crippen LogP contribution is 2.17. The van der Waals surface area contributed by atoms with Gasteiger partial charge in [0.25, 0.3) is 0 Å². The molecule has 1 aromatic carbocycles.